The molecule has 9 rings (SSSR count). The fraction of sp³-hybridized carbons (Fsp3) is 0. The molecule has 9 aromatic rings. The Kier molecular flexibility index (Phi) is 3.73. The summed E-state index contributed by atoms with van der Waals surface area (Å²) in [5, 5.41) is 6.54. The average molecular weight is 487 g/mol. The van der Waals surface area contributed by atoms with Gasteiger partial charge in [0.15, 0.2) is 0 Å². The molecule has 38 heavy (non-hydrogen) atoms. The molecule has 0 fully saturated rings. The fourth-order valence-corrected chi connectivity index (χ4v) is 5.85. The van der Waals surface area contributed by atoms with Crippen molar-refractivity contribution in [1.29, 1.82) is 0 Å². The highest BCUT2D eigenvalue weighted by Crippen LogP contribution is 2.39. The van der Waals surface area contributed by atoms with Crippen molar-refractivity contribution in [1.82, 2.24) is 19.4 Å². The molecule has 0 saturated heterocycles. The molecule has 0 aliphatic heterocycles. The number of furan rings is 1. The van der Waals surface area contributed by atoms with Crippen LogP contribution in [-0.2, 0) is 0 Å². The number of hydrogen-bond acceptors (Lipinski definition) is 4. The van der Waals surface area contributed by atoms with Gasteiger partial charge < -0.3 is 4.42 Å². The summed E-state index contributed by atoms with van der Waals surface area (Å²) in [4.78, 5) is 14.7. The number of nitrogens with zero attached hydrogens (tertiary/aromatic N) is 4. The average Bonchev–Trinajstić information content (AvgIpc) is 3.55. The van der Waals surface area contributed by atoms with Crippen molar-refractivity contribution >= 4 is 71.3 Å². The van der Waals surface area contributed by atoms with Gasteiger partial charge in [0.1, 0.15) is 11.2 Å². The van der Waals surface area contributed by atoms with E-state index in [0.29, 0.717) is 0 Å². The largest absolute Gasteiger partial charge is 0.439 e. The van der Waals surface area contributed by atoms with Crippen molar-refractivity contribution in [2.45, 2.75) is 0 Å². The van der Waals surface area contributed by atoms with Crippen LogP contribution in [0, 0.1) is 0 Å². The molecule has 0 aliphatic rings. The predicted molar refractivity (Wildman–Crippen MR) is 154 cm³/mol. The lowest BCUT2D eigenvalue weighted by molar-refractivity contribution is 0.650. The van der Waals surface area contributed by atoms with Crippen LogP contribution in [-0.4, -0.2) is 19.4 Å². The van der Waals surface area contributed by atoms with E-state index in [1.165, 1.54) is 0 Å². The van der Waals surface area contributed by atoms with Crippen LogP contribution >= 0.6 is 0 Å². The standard InChI is InChI=1S/C33H18N4O/c1-2-8-23-22(7-1)29-24-18-21(25-15-13-20-12-11-19-6-5-17-34-30(19)31(20)35-25)14-16-28(24)38-33(29)37-27-10-4-3-9-26(27)36-32(23)37/h1-18H. The number of para-hydroxylation sites is 2. The van der Waals surface area contributed by atoms with Crippen molar-refractivity contribution in [3.63, 3.8) is 0 Å². The number of rotatable bonds is 1. The predicted octanol–water partition coefficient (Wildman–Crippen LogP) is 8.30. The van der Waals surface area contributed by atoms with Gasteiger partial charge in [-0.2, -0.15) is 0 Å². The first-order valence-corrected chi connectivity index (χ1v) is 12.6. The van der Waals surface area contributed by atoms with E-state index in [2.05, 4.69) is 88.2 Å². The van der Waals surface area contributed by atoms with E-state index in [0.717, 1.165) is 82.6 Å². The summed E-state index contributed by atoms with van der Waals surface area (Å²) in [6.07, 6.45) is 1.82. The molecule has 5 heterocycles. The van der Waals surface area contributed by atoms with Crippen molar-refractivity contribution < 1.29 is 4.42 Å². The minimum atomic E-state index is 0.807. The summed E-state index contributed by atoms with van der Waals surface area (Å²) in [7, 11) is 0. The second-order valence-electron chi connectivity index (χ2n) is 9.71. The highest BCUT2D eigenvalue weighted by molar-refractivity contribution is 6.22. The van der Waals surface area contributed by atoms with E-state index >= 15 is 0 Å². The highest BCUT2D eigenvalue weighted by atomic mass is 16.3. The van der Waals surface area contributed by atoms with E-state index < -0.39 is 0 Å². The van der Waals surface area contributed by atoms with Crippen molar-refractivity contribution in [2.75, 3.05) is 0 Å². The zero-order valence-corrected chi connectivity index (χ0v) is 20.1. The SMILES string of the molecule is c1cnc2c(c1)ccc1ccc(-c3ccc4oc5c(c4c3)c3ccccc3c3nc4ccccc4n35)nc12. The molecular weight excluding hydrogens is 468 g/mol. The van der Waals surface area contributed by atoms with Gasteiger partial charge in [0.25, 0.3) is 0 Å². The number of hydrogen-bond donors (Lipinski definition) is 0. The molecule has 0 amide bonds. The van der Waals surface area contributed by atoms with Crippen LogP contribution < -0.4 is 0 Å². The van der Waals surface area contributed by atoms with Crippen LogP contribution in [0.2, 0.25) is 0 Å². The van der Waals surface area contributed by atoms with E-state index in [-0.39, 0.29) is 0 Å². The zero-order valence-electron chi connectivity index (χ0n) is 20.1. The molecule has 0 unspecified atom stereocenters. The van der Waals surface area contributed by atoms with Gasteiger partial charge in [0.05, 0.1) is 33.1 Å². The van der Waals surface area contributed by atoms with Gasteiger partial charge in [-0.1, -0.05) is 60.7 Å². The van der Waals surface area contributed by atoms with Gasteiger partial charge in [-0.05, 0) is 47.9 Å². The molecule has 176 valence electrons. The molecule has 0 saturated carbocycles. The summed E-state index contributed by atoms with van der Waals surface area (Å²) in [6, 6.07) is 35.4. The molecule has 5 heteroatoms. The van der Waals surface area contributed by atoms with E-state index in [1.807, 2.05) is 30.5 Å². The van der Waals surface area contributed by atoms with Gasteiger partial charge in [-0.15, -0.1) is 0 Å². The number of pyridine rings is 3. The molecule has 0 bridgehead atoms. The molecule has 5 aromatic heterocycles. The number of benzene rings is 4. The number of imidazole rings is 1. The molecule has 0 atom stereocenters. The maximum absolute atomic E-state index is 6.55. The molecular formula is C33H18N4O. The summed E-state index contributed by atoms with van der Waals surface area (Å²) >= 11 is 0. The maximum Gasteiger partial charge on any atom is 0.215 e. The maximum atomic E-state index is 6.55. The fourth-order valence-electron chi connectivity index (χ4n) is 5.85. The third-order valence-electron chi connectivity index (χ3n) is 7.60. The third-order valence-corrected chi connectivity index (χ3v) is 7.60. The van der Waals surface area contributed by atoms with Crippen molar-refractivity contribution in [3.8, 4) is 11.3 Å². The van der Waals surface area contributed by atoms with Gasteiger partial charge in [-0.3, -0.25) is 9.38 Å². The van der Waals surface area contributed by atoms with Crippen LogP contribution in [0.25, 0.3) is 82.6 Å². The van der Waals surface area contributed by atoms with Gasteiger partial charge in [0.2, 0.25) is 5.71 Å². The van der Waals surface area contributed by atoms with Crippen LogP contribution in [0.15, 0.2) is 114 Å². The first-order chi connectivity index (χ1) is 18.8. The van der Waals surface area contributed by atoms with E-state index in [4.69, 9.17) is 14.4 Å². The number of aromatic nitrogens is 4. The highest BCUT2D eigenvalue weighted by Gasteiger charge is 2.19. The van der Waals surface area contributed by atoms with Crippen LogP contribution in [0.4, 0.5) is 0 Å². The summed E-state index contributed by atoms with van der Waals surface area (Å²) in [5.74, 6) is 0. The summed E-state index contributed by atoms with van der Waals surface area (Å²) in [5.41, 5.74) is 8.31. The van der Waals surface area contributed by atoms with Crippen LogP contribution in [0.3, 0.4) is 0 Å². The van der Waals surface area contributed by atoms with Crippen molar-refractivity contribution in [2.24, 2.45) is 0 Å². The normalized spacial score (nSPS) is 12.2. The lowest BCUT2D eigenvalue weighted by atomic mass is 10.0. The minimum Gasteiger partial charge on any atom is -0.439 e. The van der Waals surface area contributed by atoms with Gasteiger partial charge >= 0.3 is 0 Å². The second kappa shape index (κ2) is 7.14. The zero-order chi connectivity index (χ0) is 24.8. The Morgan fingerprint density at radius 2 is 1.45 bits per heavy atom. The Hall–Kier alpha value is -5.29. The lowest BCUT2D eigenvalue weighted by Gasteiger charge is -2.06. The Morgan fingerprint density at radius 1 is 0.632 bits per heavy atom. The molecule has 0 radical (unpaired) electrons. The van der Waals surface area contributed by atoms with Gasteiger partial charge in [0, 0.05) is 33.3 Å². The van der Waals surface area contributed by atoms with Crippen molar-refractivity contribution in [3.05, 3.63) is 109 Å². The molecule has 0 aliphatic carbocycles. The quantitative estimate of drug-likeness (QED) is 0.219. The summed E-state index contributed by atoms with van der Waals surface area (Å²) in [6.45, 7) is 0. The third kappa shape index (κ3) is 2.57. The Balaban J connectivity index is 1.38. The first kappa shape index (κ1) is 19.8. The monoisotopic (exact) mass is 486 g/mol. The van der Waals surface area contributed by atoms with Gasteiger partial charge in [-0.25, -0.2) is 9.97 Å². The lowest BCUT2D eigenvalue weighted by Crippen LogP contribution is -1.89. The Morgan fingerprint density at radius 3 is 2.39 bits per heavy atom. The summed E-state index contributed by atoms with van der Waals surface area (Å²) < 4.78 is 8.70. The molecule has 5 nitrogen and oxygen atoms in total. The number of fused-ring (bicyclic) bond motifs is 13. The van der Waals surface area contributed by atoms with Crippen LogP contribution in [0.5, 0.6) is 0 Å². The van der Waals surface area contributed by atoms with E-state index in [1.54, 1.807) is 0 Å². The molecule has 4 aromatic carbocycles. The topological polar surface area (TPSA) is 56.2 Å². The second-order valence-corrected chi connectivity index (χ2v) is 9.71. The molecule has 0 spiro atoms. The minimum absolute atomic E-state index is 0.807. The first-order valence-electron chi connectivity index (χ1n) is 12.6. The molecule has 0 N–H and O–H groups in total. The Bertz CT molecular complexity index is 2420. The van der Waals surface area contributed by atoms with Crippen LogP contribution in [0.1, 0.15) is 0 Å². The Labute approximate surface area is 215 Å². The van der Waals surface area contributed by atoms with E-state index in [9.17, 15) is 0 Å². The smallest absolute Gasteiger partial charge is 0.215 e.